The lowest BCUT2D eigenvalue weighted by molar-refractivity contribution is 0.0698. The van der Waals surface area contributed by atoms with Crippen molar-refractivity contribution in [1.29, 1.82) is 0 Å². The molecule has 0 saturated carbocycles. The van der Waals surface area contributed by atoms with E-state index in [4.69, 9.17) is 0 Å². The number of thiazole rings is 1. The van der Waals surface area contributed by atoms with E-state index in [1.807, 2.05) is 19.0 Å². The number of carboxylic acid groups (broad SMARTS) is 1. The third-order valence-corrected chi connectivity index (χ3v) is 3.05. The number of nitrogens with zero attached hydrogens (tertiary/aromatic N) is 4. The van der Waals surface area contributed by atoms with Gasteiger partial charge in [-0.2, -0.15) is 0 Å². The highest BCUT2D eigenvalue weighted by Crippen LogP contribution is 2.27. The van der Waals surface area contributed by atoms with Crippen LogP contribution in [0.5, 0.6) is 0 Å². The minimum atomic E-state index is -1.03. The van der Waals surface area contributed by atoms with Crippen LogP contribution in [-0.2, 0) is 0 Å². The van der Waals surface area contributed by atoms with Gasteiger partial charge in [0.15, 0.2) is 0 Å². The van der Waals surface area contributed by atoms with Gasteiger partial charge in [0.05, 0.1) is 5.56 Å². The van der Waals surface area contributed by atoms with Crippen molar-refractivity contribution in [3.05, 3.63) is 35.3 Å². The van der Waals surface area contributed by atoms with Crippen LogP contribution >= 0.6 is 11.3 Å². The molecule has 19 heavy (non-hydrogen) atoms. The Labute approximate surface area is 114 Å². The monoisotopic (exact) mass is 276 g/mol. The Morgan fingerprint density at radius 1 is 1.37 bits per heavy atom. The van der Waals surface area contributed by atoms with Crippen molar-refractivity contribution in [2.75, 3.05) is 19.0 Å². The molecule has 0 radical (unpaired) electrons. The first-order valence-electron chi connectivity index (χ1n) is 5.44. The fourth-order valence-electron chi connectivity index (χ4n) is 1.42. The average molecular weight is 276 g/mol. The molecule has 1 aromatic heterocycles. The van der Waals surface area contributed by atoms with Gasteiger partial charge >= 0.3 is 5.97 Å². The van der Waals surface area contributed by atoms with Crippen molar-refractivity contribution in [2.45, 2.75) is 0 Å². The standard InChI is InChI=1S/C12H12N4O2S/c1-16(2)8-3-4-10(9(7-8)11(17)18)14-15-12-13-5-6-19-12/h3-7H,1-2H3,(H,17,18)/b15-14+. The lowest BCUT2D eigenvalue weighted by Crippen LogP contribution is -2.09. The fourth-order valence-corrected chi connectivity index (χ4v) is 1.88. The predicted octanol–water partition coefficient (Wildman–Crippen LogP) is 3.32. The summed E-state index contributed by atoms with van der Waals surface area (Å²) in [7, 11) is 3.69. The van der Waals surface area contributed by atoms with Crippen LogP contribution in [0.15, 0.2) is 40.0 Å². The molecule has 0 spiro atoms. The topological polar surface area (TPSA) is 78.2 Å². The van der Waals surface area contributed by atoms with Crippen LogP contribution in [0.4, 0.5) is 16.5 Å². The molecule has 1 aromatic carbocycles. The molecule has 0 saturated heterocycles. The zero-order chi connectivity index (χ0) is 13.8. The van der Waals surface area contributed by atoms with E-state index in [0.717, 1.165) is 5.69 Å². The number of hydrogen-bond acceptors (Lipinski definition) is 6. The molecule has 0 unspecified atom stereocenters. The SMILES string of the molecule is CN(C)c1ccc(/N=N/c2nccs2)c(C(=O)O)c1. The normalized spacial score (nSPS) is 10.8. The van der Waals surface area contributed by atoms with E-state index in [2.05, 4.69) is 15.2 Å². The van der Waals surface area contributed by atoms with Crippen molar-refractivity contribution in [2.24, 2.45) is 10.2 Å². The molecule has 0 aliphatic carbocycles. The van der Waals surface area contributed by atoms with E-state index < -0.39 is 5.97 Å². The van der Waals surface area contributed by atoms with Crippen molar-refractivity contribution >= 4 is 33.8 Å². The van der Waals surface area contributed by atoms with Gasteiger partial charge in [0.1, 0.15) is 5.69 Å². The Morgan fingerprint density at radius 3 is 2.74 bits per heavy atom. The molecule has 0 atom stereocenters. The summed E-state index contributed by atoms with van der Waals surface area (Å²) in [6.45, 7) is 0. The molecule has 2 aromatic rings. The zero-order valence-electron chi connectivity index (χ0n) is 10.4. The van der Waals surface area contributed by atoms with Gasteiger partial charge in [0.25, 0.3) is 0 Å². The van der Waals surface area contributed by atoms with Crippen LogP contribution in [0.25, 0.3) is 0 Å². The quantitative estimate of drug-likeness (QED) is 0.869. The second-order valence-corrected chi connectivity index (χ2v) is 4.79. The molecule has 0 aliphatic rings. The second kappa shape index (κ2) is 5.57. The van der Waals surface area contributed by atoms with Gasteiger partial charge in [-0.15, -0.1) is 21.6 Å². The summed E-state index contributed by atoms with van der Waals surface area (Å²) in [6.07, 6.45) is 1.62. The molecule has 6 nitrogen and oxygen atoms in total. The van der Waals surface area contributed by atoms with E-state index in [9.17, 15) is 9.90 Å². The number of carboxylic acids is 1. The van der Waals surface area contributed by atoms with Crippen molar-refractivity contribution in [3.8, 4) is 0 Å². The molecule has 1 N–H and O–H groups in total. The molecule has 1 heterocycles. The lowest BCUT2D eigenvalue weighted by Gasteiger charge is -2.13. The zero-order valence-corrected chi connectivity index (χ0v) is 11.3. The third kappa shape index (κ3) is 3.14. The predicted molar refractivity (Wildman–Crippen MR) is 74.0 cm³/mol. The van der Waals surface area contributed by atoms with Crippen molar-refractivity contribution in [1.82, 2.24) is 4.98 Å². The summed E-state index contributed by atoms with van der Waals surface area (Å²) in [5, 5.41) is 19.3. The van der Waals surface area contributed by atoms with Crippen LogP contribution in [0, 0.1) is 0 Å². The van der Waals surface area contributed by atoms with Gasteiger partial charge in [0.2, 0.25) is 5.13 Å². The molecule has 0 fully saturated rings. The smallest absolute Gasteiger partial charge is 0.338 e. The maximum absolute atomic E-state index is 11.2. The number of rotatable bonds is 4. The minimum Gasteiger partial charge on any atom is -0.478 e. The van der Waals surface area contributed by atoms with E-state index in [1.165, 1.54) is 11.3 Å². The highest BCUT2D eigenvalue weighted by molar-refractivity contribution is 7.13. The van der Waals surface area contributed by atoms with Crippen LogP contribution in [0.1, 0.15) is 10.4 Å². The molecule has 98 valence electrons. The maximum atomic E-state index is 11.2. The first-order valence-corrected chi connectivity index (χ1v) is 6.32. The number of aromatic nitrogens is 1. The number of hydrogen-bond donors (Lipinski definition) is 1. The molecule has 2 rings (SSSR count). The van der Waals surface area contributed by atoms with Gasteiger partial charge < -0.3 is 10.0 Å². The Balaban J connectivity index is 2.37. The van der Waals surface area contributed by atoms with Crippen LogP contribution in [0.2, 0.25) is 0 Å². The summed E-state index contributed by atoms with van der Waals surface area (Å²) < 4.78 is 0. The summed E-state index contributed by atoms with van der Waals surface area (Å²) in [5.41, 5.74) is 1.23. The van der Waals surface area contributed by atoms with E-state index >= 15 is 0 Å². The lowest BCUT2D eigenvalue weighted by atomic mass is 10.1. The van der Waals surface area contributed by atoms with Gasteiger partial charge in [-0.25, -0.2) is 9.78 Å². The van der Waals surface area contributed by atoms with Crippen LogP contribution in [0.3, 0.4) is 0 Å². The molecule has 7 heteroatoms. The number of aromatic carboxylic acids is 1. The Bertz CT molecular complexity index is 608. The Morgan fingerprint density at radius 2 is 2.16 bits per heavy atom. The first kappa shape index (κ1) is 13.2. The minimum absolute atomic E-state index is 0.117. The van der Waals surface area contributed by atoms with E-state index in [1.54, 1.807) is 29.8 Å². The van der Waals surface area contributed by atoms with E-state index in [0.29, 0.717) is 10.8 Å². The average Bonchev–Trinajstić information content (AvgIpc) is 2.89. The Kier molecular flexibility index (Phi) is 3.86. The summed E-state index contributed by atoms with van der Waals surface area (Å²) in [5.74, 6) is -1.03. The fraction of sp³-hybridized carbons (Fsp3) is 0.167. The van der Waals surface area contributed by atoms with Gasteiger partial charge in [-0.1, -0.05) is 0 Å². The summed E-state index contributed by atoms with van der Waals surface area (Å²) in [6, 6.07) is 5.00. The Hall–Kier alpha value is -2.28. The largest absolute Gasteiger partial charge is 0.478 e. The molecule has 0 bridgehead atoms. The third-order valence-electron chi connectivity index (χ3n) is 2.39. The van der Waals surface area contributed by atoms with Crippen molar-refractivity contribution in [3.63, 3.8) is 0 Å². The number of anilines is 1. The number of carbonyl (C=O) groups is 1. The first-order chi connectivity index (χ1) is 9.08. The molecule has 0 aliphatic heterocycles. The van der Waals surface area contributed by atoms with Gasteiger partial charge in [0, 0.05) is 31.4 Å². The molecule has 0 amide bonds. The van der Waals surface area contributed by atoms with Crippen LogP contribution in [-0.4, -0.2) is 30.2 Å². The van der Waals surface area contributed by atoms with Crippen molar-refractivity contribution < 1.29 is 9.90 Å². The highest BCUT2D eigenvalue weighted by atomic mass is 32.1. The second-order valence-electron chi connectivity index (χ2n) is 3.92. The number of azo groups is 1. The highest BCUT2D eigenvalue weighted by Gasteiger charge is 2.11. The summed E-state index contributed by atoms with van der Waals surface area (Å²) in [4.78, 5) is 17.0. The summed E-state index contributed by atoms with van der Waals surface area (Å²) >= 11 is 1.34. The molecular weight excluding hydrogens is 264 g/mol. The van der Waals surface area contributed by atoms with E-state index in [-0.39, 0.29) is 5.56 Å². The van der Waals surface area contributed by atoms with Gasteiger partial charge in [-0.05, 0) is 18.2 Å². The number of benzene rings is 1. The maximum Gasteiger partial charge on any atom is 0.338 e. The van der Waals surface area contributed by atoms with Crippen LogP contribution < -0.4 is 4.90 Å². The molecular formula is C12H12N4O2S. The van der Waals surface area contributed by atoms with Gasteiger partial charge in [-0.3, -0.25) is 0 Å².